The van der Waals surface area contributed by atoms with Gasteiger partial charge in [-0.1, -0.05) is 12.8 Å². The highest BCUT2D eigenvalue weighted by Crippen LogP contribution is 2.17. The number of carboxylic acid groups (broad SMARTS) is 1. The quantitative estimate of drug-likeness (QED) is 0.813. The maximum Gasteiger partial charge on any atom is 0.318 e. The maximum atomic E-state index is 12.2. The van der Waals surface area contributed by atoms with Crippen LogP contribution in [0.5, 0.6) is 0 Å². The number of amides is 2. The average Bonchev–Trinajstić information content (AvgIpc) is 2.39. The highest BCUT2D eigenvalue weighted by atomic mass is 16.4. The topological polar surface area (TPSA) is 69.6 Å². The summed E-state index contributed by atoms with van der Waals surface area (Å²) in [5.41, 5.74) is -0.713. The summed E-state index contributed by atoms with van der Waals surface area (Å²) < 4.78 is 0. The molecule has 0 aromatic heterocycles. The standard InChI is InChI=1S/C13H24N2O3/c1-10-7-5-4-6-8-15(10)12(18)14-13(2,3)9-11(16)17/h10H,4-9H2,1-3H3,(H,14,18)(H,16,17). The van der Waals surface area contributed by atoms with Gasteiger partial charge in [-0.05, 0) is 33.6 Å². The predicted molar refractivity (Wildman–Crippen MR) is 69.5 cm³/mol. The second-order valence-electron chi connectivity index (χ2n) is 5.78. The largest absolute Gasteiger partial charge is 0.481 e. The van der Waals surface area contributed by atoms with Gasteiger partial charge in [0.25, 0.3) is 0 Å². The number of hydrogen-bond acceptors (Lipinski definition) is 2. The molecule has 1 unspecified atom stereocenters. The highest BCUT2D eigenvalue weighted by Gasteiger charge is 2.28. The summed E-state index contributed by atoms with van der Waals surface area (Å²) >= 11 is 0. The summed E-state index contributed by atoms with van der Waals surface area (Å²) in [5.74, 6) is -0.899. The summed E-state index contributed by atoms with van der Waals surface area (Å²) in [6, 6.07) is 0.0868. The molecular formula is C13H24N2O3. The smallest absolute Gasteiger partial charge is 0.318 e. The number of nitrogens with one attached hydrogen (secondary N) is 1. The Kier molecular flexibility index (Phi) is 4.99. The number of aliphatic carboxylic acids is 1. The third-order valence-electron chi connectivity index (χ3n) is 3.35. The minimum absolute atomic E-state index is 0.0685. The summed E-state index contributed by atoms with van der Waals surface area (Å²) in [4.78, 5) is 24.7. The zero-order chi connectivity index (χ0) is 13.8. The Hall–Kier alpha value is -1.26. The molecule has 0 saturated carbocycles. The molecule has 0 aliphatic carbocycles. The Morgan fingerprint density at radius 1 is 1.33 bits per heavy atom. The van der Waals surface area contributed by atoms with Crippen molar-refractivity contribution in [2.75, 3.05) is 6.54 Å². The van der Waals surface area contributed by atoms with E-state index in [2.05, 4.69) is 12.2 Å². The second-order valence-corrected chi connectivity index (χ2v) is 5.78. The molecular weight excluding hydrogens is 232 g/mol. The van der Waals surface area contributed by atoms with E-state index in [1.54, 1.807) is 13.8 Å². The van der Waals surface area contributed by atoms with Crippen molar-refractivity contribution in [2.45, 2.75) is 64.5 Å². The van der Waals surface area contributed by atoms with Crippen molar-refractivity contribution in [3.63, 3.8) is 0 Å². The van der Waals surface area contributed by atoms with Crippen molar-refractivity contribution in [1.29, 1.82) is 0 Å². The van der Waals surface area contributed by atoms with E-state index in [4.69, 9.17) is 5.11 Å². The minimum Gasteiger partial charge on any atom is -0.481 e. The van der Waals surface area contributed by atoms with Crippen LogP contribution >= 0.6 is 0 Å². The van der Waals surface area contributed by atoms with E-state index in [1.807, 2.05) is 4.90 Å². The molecule has 104 valence electrons. The van der Waals surface area contributed by atoms with E-state index < -0.39 is 11.5 Å². The summed E-state index contributed by atoms with van der Waals surface area (Å²) in [6.07, 6.45) is 4.29. The molecule has 5 heteroatoms. The summed E-state index contributed by atoms with van der Waals surface area (Å²) in [7, 11) is 0. The lowest BCUT2D eigenvalue weighted by atomic mass is 10.0. The Balaban J connectivity index is 2.60. The number of carbonyl (C=O) groups is 2. The van der Waals surface area contributed by atoms with E-state index in [9.17, 15) is 9.59 Å². The van der Waals surface area contributed by atoms with Crippen molar-refractivity contribution >= 4 is 12.0 Å². The van der Waals surface area contributed by atoms with Gasteiger partial charge < -0.3 is 15.3 Å². The molecule has 0 aromatic rings. The zero-order valence-electron chi connectivity index (χ0n) is 11.5. The molecule has 1 heterocycles. The molecule has 0 aromatic carbocycles. The lowest BCUT2D eigenvalue weighted by molar-refractivity contribution is -0.138. The van der Waals surface area contributed by atoms with Crippen LogP contribution in [0.4, 0.5) is 4.79 Å². The average molecular weight is 256 g/mol. The first kappa shape index (κ1) is 14.8. The molecule has 1 saturated heterocycles. The van der Waals surface area contributed by atoms with Crippen LogP contribution < -0.4 is 5.32 Å². The van der Waals surface area contributed by atoms with Gasteiger partial charge in [-0.2, -0.15) is 0 Å². The van der Waals surface area contributed by atoms with Crippen molar-refractivity contribution < 1.29 is 14.7 Å². The fraction of sp³-hybridized carbons (Fsp3) is 0.846. The number of rotatable bonds is 3. The van der Waals surface area contributed by atoms with Crippen LogP contribution in [-0.2, 0) is 4.79 Å². The van der Waals surface area contributed by atoms with Crippen molar-refractivity contribution in [2.24, 2.45) is 0 Å². The van der Waals surface area contributed by atoms with Crippen LogP contribution in [0.1, 0.15) is 52.9 Å². The molecule has 2 amide bonds. The van der Waals surface area contributed by atoms with Gasteiger partial charge in [-0.15, -0.1) is 0 Å². The minimum atomic E-state index is -0.899. The van der Waals surface area contributed by atoms with Crippen molar-refractivity contribution in [1.82, 2.24) is 10.2 Å². The fourth-order valence-electron chi connectivity index (χ4n) is 2.36. The first-order chi connectivity index (χ1) is 8.32. The summed E-state index contributed by atoms with van der Waals surface area (Å²) in [5, 5.41) is 11.6. The molecule has 1 fully saturated rings. The number of carbonyl (C=O) groups excluding carboxylic acids is 1. The number of carboxylic acids is 1. The van der Waals surface area contributed by atoms with Crippen molar-refractivity contribution in [3.05, 3.63) is 0 Å². The van der Waals surface area contributed by atoms with Gasteiger partial charge in [0.2, 0.25) is 0 Å². The van der Waals surface area contributed by atoms with Crippen LogP contribution in [0, 0.1) is 0 Å². The Labute approximate surface area is 109 Å². The molecule has 0 bridgehead atoms. The van der Waals surface area contributed by atoms with Gasteiger partial charge in [0.15, 0.2) is 0 Å². The Bertz CT molecular complexity index is 315. The molecule has 5 nitrogen and oxygen atoms in total. The number of nitrogens with zero attached hydrogens (tertiary/aromatic N) is 1. The second kappa shape index (κ2) is 6.07. The van der Waals surface area contributed by atoms with Gasteiger partial charge in [-0.3, -0.25) is 4.79 Å². The molecule has 1 atom stereocenters. The maximum absolute atomic E-state index is 12.2. The van der Waals surface area contributed by atoms with E-state index in [0.717, 1.165) is 32.2 Å². The molecule has 0 spiro atoms. The molecule has 1 aliphatic rings. The number of hydrogen-bond donors (Lipinski definition) is 2. The zero-order valence-corrected chi connectivity index (χ0v) is 11.5. The van der Waals surface area contributed by atoms with Gasteiger partial charge in [0.05, 0.1) is 6.42 Å². The molecule has 18 heavy (non-hydrogen) atoms. The van der Waals surface area contributed by atoms with E-state index in [1.165, 1.54) is 0 Å². The SMILES string of the molecule is CC1CCCCCN1C(=O)NC(C)(C)CC(=O)O. The van der Waals surface area contributed by atoms with Crippen LogP contribution in [-0.4, -0.2) is 40.1 Å². The Morgan fingerprint density at radius 3 is 2.61 bits per heavy atom. The first-order valence-corrected chi connectivity index (χ1v) is 6.62. The normalized spacial score (nSPS) is 21.3. The molecule has 0 radical (unpaired) electrons. The molecule has 1 rings (SSSR count). The van der Waals surface area contributed by atoms with E-state index in [0.29, 0.717) is 0 Å². The highest BCUT2D eigenvalue weighted by molar-refractivity contribution is 5.77. The molecule has 1 aliphatic heterocycles. The van der Waals surface area contributed by atoms with Gasteiger partial charge in [0, 0.05) is 18.1 Å². The van der Waals surface area contributed by atoms with Crippen LogP contribution in [0.3, 0.4) is 0 Å². The molecule has 2 N–H and O–H groups in total. The Morgan fingerprint density at radius 2 is 2.00 bits per heavy atom. The predicted octanol–water partition coefficient (Wildman–Crippen LogP) is 2.21. The van der Waals surface area contributed by atoms with Crippen LogP contribution in [0.2, 0.25) is 0 Å². The van der Waals surface area contributed by atoms with Crippen LogP contribution in [0.25, 0.3) is 0 Å². The lowest BCUT2D eigenvalue weighted by Gasteiger charge is -2.32. The lowest BCUT2D eigenvalue weighted by Crippen LogP contribution is -2.53. The first-order valence-electron chi connectivity index (χ1n) is 6.62. The van der Waals surface area contributed by atoms with Gasteiger partial charge in [0.1, 0.15) is 0 Å². The fourth-order valence-corrected chi connectivity index (χ4v) is 2.36. The third kappa shape index (κ3) is 4.55. The number of likely N-dealkylation sites (tertiary alicyclic amines) is 1. The number of urea groups is 1. The van der Waals surface area contributed by atoms with Gasteiger partial charge >= 0.3 is 12.0 Å². The van der Waals surface area contributed by atoms with E-state index in [-0.39, 0.29) is 18.5 Å². The van der Waals surface area contributed by atoms with Crippen molar-refractivity contribution in [3.8, 4) is 0 Å². The summed E-state index contributed by atoms with van der Waals surface area (Å²) in [6.45, 7) is 6.29. The monoisotopic (exact) mass is 256 g/mol. The van der Waals surface area contributed by atoms with Gasteiger partial charge in [-0.25, -0.2) is 4.79 Å². The van der Waals surface area contributed by atoms with E-state index >= 15 is 0 Å². The van der Waals surface area contributed by atoms with Crippen LogP contribution in [0.15, 0.2) is 0 Å². The third-order valence-corrected chi connectivity index (χ3v) is 3.35.